The summed E-state index contributed by atoms with van der Waals surface area (Å²) in [6.45, 7) is 8.67. The monoisotopic (exact) mass is 308 g/mol. The number of likely N-dealkylation sites (N-methyl/N-ethyl adjacent to an activating group) is 1. The predicted octanol–water partition coefficient (Wildman–Crippen LogP) is 3.27. The van der Waals surface area contributed by atoms with Crippen LogP contribution in [0.5, 0.6) is 0 Å². The van der Waals surface area contributed by atoms with Gasteiger partial charge in [-0.3, -0.25) is 4.90 Å². The van der Waals surface area contributed by atoms with Crippen LogP contribution >= 0.6 is 11.3 Å². The van der Waals surface area contributed by atoms with E-state index in [9.17, 15) is 0 Å². The molecular weight excluding hydrogens is 280 g/mol. The minimum Gasteiger partial charge on any atom is -0.377 e. The van der Waals surface area contributed by atoms with Gasteiger partial charge in [-0.25, -0.2) is 0 Å². The maximum atomic E-state index is 6.91. The summed E-state index contributed by atoms with van der Waals surface area (Å²) in [6.07, 6.45) is 2.72. The van der Waals surface area contributed by atoms with Gasteiger partial charge in [0.15, 0.2) is 0 Å². The van der Waals surface area contributed by atoms with Crippen molar-refractivity contribution in [2.75, 3.05) is 20.2 Å². The van der Waals surface area contributed by atoms with Crippen LogP contribution in [0.3, 0.4) is 0 Å². The Morgan fingerprint density at radius 2 is 2.29 bits per heavy atom. The maximum absolute atomic E-state index is 6.91. The number of nitrogens with zero attached hydrogens (tertiary/aromatic N) is 1. The molecule has 4 heteroatoms. The average molecular weight is 308 g/mol. The van der Waals surface area contributed by atoms with E-state index in [1.54, 1.807) is 0 Å². The van der Waals surface area contributed by atoms with E-state index in [-0.39, 0.29) is 11.0 Å². The lowest BCUT2D eigenvalue weighted by Gasteiger charge is -2.67. The van der Waals surface area contributed by atoms with Crippen LogP contribution in [0.2, 0.25) is 0 Å². The van der Waals surface area contributed by atoms with E-state index >= 15 is 0 Å². The fourth-order valence-corrected chi connectivity index (χ4v) is 5.13. The molecule has 2 heterocycles. The second-order valence-electron chi connectivity index (χ2n) is 7.41. The minimum absolute atomic E-state index is 0.0571. The van der Waals surface area contributed by atoms with Crippen molar-refractivity contribution in [2.45, 2.75) is 51.3 Å². The summed E-state index contributed by atoms with van der Waals surface area (Å²) in [7, 11) is 2.20. The van der Waals surface area contributed by atoms with Gasteiger partial charge in [0.1, 0.15) is 0 Å². The van der Waals surface area contributed by atoms with Gasteiger partial charge >= 0.3 is 0 Å². The zero-order valence-corrected chi connectivity index (χ0v) is 14.5. The lowest BCUT2D eigenvalue weighted by atomic mass is 9.46. The van der Waals surface area contributed by atoms with Gasteiger partial charge in [-0.2, -0.15) is 0 Å². The lowest BCUT2D eigenvalue weighted by Crippen LogP contribution is -2.80. The van der Waals surface area contributed by atoms with Crippen molar-refractivity contribution in [1.29, 1.82) is 0 Å². The van der Waals surface area contributed by atoms with Gasteiger partial charge in [-0.05, 0) is 38.3 Å². The van der Waals surface area contributed by atoms with E-state index in [0.29, 0.717) is 18.1 Å². The molecule has 2 aliphatic rings. The first-order valence-electron chi connectivity index (χ1n) is 8.02. The van der Waals surface area contributed by atoms with Gasteiger partial charge in [0.25, 0.3) is 0 Å². The van der Waals surface area contributed by atoms with Crippen molar-refractivity contribution >= 4 is 11.3 Å². The minimum atomic E-state index is -0.141. The van der Waals surface area contributed by atoms with Crippen LogP contribution in [0.15, 0.2) is 17.5 Å². The Labute approximate surface area is 132 Å². The number of ether oxygens (including phenoxy) is 1. The van der Waals surface area contributed by atoms with Crippen molar-refractivity contribution in [2.24, 2.45) is 17.1 Å². The number of thiophene rings is 1. The summed E-state index contributed by atoms with van der Waals surface area (Å²) in [5.74, 6) is 0.513. The molecule has 21 heavy (non-hydrogen) atoms. The number of hydrogen-bond donors (Lipinski definition) is 1. The lowest BCUT2D eigenvalue weighted by molar-refractivity contribution is -0.232. The molecule has 1 aromatic rings. The highest BCUT2D eigenvalue weighted by atomic mass is 32.1. The first kappa shape index (κ1) is 15.5. The molecule has 0 spiro atoms. The summed E-state index contributed by atoms with van der Waals surface area (Å²) in [6, 6.07) is 4.76. The Morgan fingerprint density at radius 3 is 2.95 bits per heavy atom. The molecule has 1 saturated carbocycles. The first-order valence-corrected chi connectivity index (χ1v) is 8.90. The van der Waals surface area contributed by atoms with Crippen LogP contribution in [0.25, 0.3) is 0 Å². The predicted molar refractivity (Wildman–Crippen MR) is 88.5 cm³/mol. The van der Waals surface area contributed by atoms with Crippen LogP contribution in [-0.4, -0.2) is 36.7 Å². The number of hydrogen-bond acceptors (Lipinski definition) is 4. The van der Waals surface area contributed by atoms with E-state index in [0.717, 1.165) is 19.6 Å². The van der Waals surface area contributed by atoms with Crippen LogP contribution in [-0.2, 0) is 4.74 Å². The number of nitrogens with two attached hydrogens (primary N) is 1. The average Bonchev–Trinajstić information content (AvgIpc) is 3.00. The van der Waals surface area contributed by atoms with Crippen molar-refractivity contribution in [3.8, 4) is 0 Å². The molecule has 2 fully saturated rings. The zero-order chi connectivity index (χ0) is 15.3. The van der Waals surface area contributed by atoms with Crippen molar-refractivity contribution in [3.05, 3.63) is 22.4 Å². The van der Waals surface area contributed by atoms with E-state index in [4.69, 9.17) is 10.5 Å². The Morgan fingerprint density at radius 1 is 1.52 bits per heavy atom. The largest absolute Gasteiger partial charge is 0.377 e. The Kier molecular flexibility index (Phi) is 3.93. The summed E-state index contributed by atoms with van der Waals surface area (Å²) < 4.78 is 6.01. The third kappa shape index (κ3) is 2.27. The summed E-state index contributed by atoms with van der Waals surface area (Å²) in [5, 5.41) is 2.15. The maximum Gasteiger partial charge on any atom is 0.0690 e. The highest BCUT2D eigenvalue weighted by molar-refractivity contribution is 7.10. The van der Waals surface area contributed by atoms with Crippen LogP contribution < -0.4 is 5.73 Å². The molecule has 2 N–H and O–H groups in total. The van der Waals surface area contributed by atoms with E-state index in [1.165, 1.54) is 11.3 Å². The molecule has 4 atom stereocenters. The molecule has 4 unspecified atom stereocenters. The standard InChI is InChI=1S/C17H28N2OS/c1-12(14-8-6-10-21-14)19(4)11-17(18)13-7-5-9-20-15(13)16(17,2)3/h6,8,10,12-13,15H,5,7,9,11,18H2,1-4H3. The quantitative estimate of drug-likeness (QED) is 0.928. The smallest absolute Gasteiger partial charge is 0.0690 e. The molecule has 1 saturated heterocycles. The van der Waals surface area contributed by atoms with Gasteiger partial charge in [0.05, 0.1) is 6.10 Å². The van der Waals surface area contributed by atoms with E-state index < -0.39 is 0 Å². The molecule has 1 aromatic heterocycles. The molecule has 0 bridgehead atoms. The van der Waals surface area contributed by atoms with Gasteiger partial charge in [0, 0.05) is 40.9 Å². The highest BCUT2D eigenvalue weighted by Crippen LogP contribution is 2.57. The normalized spacial score (nSPS) is 36.1. The second-order valence-corrected chi connectivity index (χ2v) is 8.39. The van der Waals surface area contributed by atoms with Crippen LogP contribution in [0, 0.1) is 11.3 Å². The zero-order valence-electron chi connectivity index (χ0n) is 13.6. The van der Waals surface area contributed by atoms with Gasteiger partial charge in [0.2, 0.25) is 0 Å². The third-order valence-electron chi connectivity index (χ3n) is 6.02. The topological polar surface area (TPSA) is 38.5 Å². The van der Waals surface area contributed by atoms with Gasteiger partial charge in [-0.15, -0.1) is 11.3 Å². The fourth-order valence-electron chi connectivity index (χ4n) is 4.28. The summed E-state index contributed by atoms with van der Waals surface area (Å²) >= 11 is 1.83. The number of rotatable bonds is 4. The van der Waals surface area contributed by atoms with Crippen LogP contribution in [0.1, 0.15) is 44.5 Å². The van der Waals surface area contributed by atoms with Crippen LogP contribution in [0.4, 0.5) is 0 Å². The molecule has 0 amide bonds. The molecule has 0 radical (unpaired) electrons. The van der Waals surface area contributed by atoms with E-state index in [2.05, 4.69) is 50.2 Å². The Hall–Kier alpha value is -0.420. The van der Waals surface area contributed by atoms with Crippen molar-refractivity contribution in [3.63, 3.8) is 0 Å². The summed E-state index contributed by atoms with van der Waals surface area (Å²) in [5.41, 5.74) is 6.83. The third-order valence-corrected chi connectivity index (χ3v) is 7.06. The van der Waals surface area contributed by atoms with Gasteiger partial charge in [-0.1, -0.05) is 19.9 Å². The summed E-state index contributed by atoms with van der Waals surface area (Å²) in [4.78, 5) is 3.83. The SMILES string of the molecule is CC(c1cccs1)N(C)CC1(N)C2CCCOC2C1(C)C. The van der Waals surface area contributed by atoms with E-state index in [1.807, 2.05) is 11.3 Å². The Bertz CT molecular complexity index is 487. The molecule has 118 valence electrons. The molecular formula is C17H28N2OS. The number of fused-ring (bicyclic) bond motifs is 1. The molecule has 1 aliphatic heterocycles. The molecule has 3 rings (SSSR count). The Balaban J connectivity index is 1.73. The van der Waals surface area contributed by atoms with Gasteiger partial charge < -0.3 is 10.5 Å². The van der Waals surface area contributed by atoms with Crippen molar-refractivity contribution < 1.29 is 4.74 Å². The second kappa shape index (κ2) is 5.34. The molecule has 1 aliphatic carbocycles. The first-order chi connectivity index (χ1) is 9.88. The fraction of sp³-hybridized carbons (Fsp3) is 0.765. The highest BCUT2D eigenvalue weighted by Gasteiger charge is 2.66. The van der Waals surface area contributed by atoms with Crippen molar-refractivity contribution in [1.82, 2.24) is 4.90 Å². The molecule has 3 nitrogen and oxygen atoms in total. The molecule has 0 aromatic carbocycles.